The molecule has 2 aromatic rings. The van der Waals surface area contributed by atoms with E-state index in [1.54, 1.807) is 10.7 Å². The molecule has 19 heavy (non-hydrogen) atoms. The summed E-state index contributed by atoms with van der Waals surface area (Å²) < 4.78 is 2.63. The van der Waals surface area contributed by atoms with E-state index in [4.69, 9.17) is 23.2 Å². The van der Waals surface area contributed by atoms with Gasteiger partial charge in [-0.3, -0.25) is 4.79 Å². The van der Waals surface area contributed by atoms with Gasteiger partial charge in [-0.15, -0.1) is 11.3 Å². The zero-order valence-electron chi connectivity index (χ0n) is 10.7. The molecule has 0 aliphatic rings. The van der Waals surface area contributed by atoms with Crippen LogP contribution in [0.5, 0.6) is 0 Å². The second-order valence-electron chi connectivity index (χ2n) is 4.40. The molecule has 2 rings (SSSR count). The van der Waals surface area contributed by atoms with Crippen molar-refractivity contribution in [2.45, 2.75) is 26.8 Å². The fraction of sp³-hybridized carbons (Fsp3) is 0.333. The quantitative estimate of drug-likeness (QED) is 0.912. The second-order valence-corrected chi connectivity index (χ2v) is 6.69. The molecule has 0 spiro atoms. The second kappa shape index (κ2) is 5.53. The Labute approximate surface area is 125 Å². The van der Waals surface area contributed by atoms with E-state index in [0.29, 0.717) is 20.1 Å². The van der Waals surface area contributed by atoms with E-state index in [0.717, 1.165) is 5.69 Å². The van der Waals surface area contributed by atoms with Gasteiger partial charge in [-0.25, -0.2) is 4.68 Å². The molecule has 0 unspecified atom stereocenters. The van der Waals surface area contributed by atoms with Gasteiger partial charge in [0.1, 0.15) is 10.2 Å². The number of aromatic nitrogens is 2. The number of hydrogen-bond donors (Lipinski definition) is 1. The monoisotopic (exact) mass is 317 g/mol. The molecule has 1 N–H and O–H groups in total. The Morgan fingerprint density at radius 3 is 2.63 bits per heavy atom. The van der Waals surface area contributed by atoms with Crippen LogP contribution >= 0.6 is 34.5 Å². The molecule has 0 bridgehead atoms. The number of nitrogens with zero attached hydrogens (tertiary/aromatic N) is 2. The van der Waals surface area contributed by atoms with Crippen LogP contribution in [0.15, 0.2) is 12.1 Å². The van der Waals surface area contributed by atoms with Crippen LogP contribution in [0.25, 0.3) is 0 Å². The van der Waals surface area contributed by atoms with Crippen molar-refractivity contribution in [3.63, 3.8) is 0 Å². The molecule has 0 saturated heterocycles. The summed E-state index contributed by atoms with van der Waals surface area (Å²) in [6.07, 6.45) is 0. The maximum absolute atomic E-state index is 12.1. The largest absolute Gasteiger partial charge is 0.307 e. The van der Waals surface area contributed by atoms with E-state index >= 15 is 0 Å². The van der Waals surface area contributed by atoms with Crippen LogP contribution in [0.1, 0.15) is 35.9 Å². The lowest BCUT2D eigenvalue weighted by atomic mass is 10.3. The maximum Gasteiger partial charge on any atom is 0.259 e. The number of aryl methyl sites for hydroxylation is 1. The summed E-state index contributed by atoms with van der Waals surface area (Å²) in [6, 6.07) is 3.54. The number of carbonyl (C=O) groups is 1. The predicted molar refractivity (Wildman–Crippen MR) is 79.6 cm³/mol. The Morgan fingerprint density at radius 2 is 2.11 bits per heavy atom. The van der Waals surface area contributed by atoms with Gasteiger partial charge in [-0.05, 0) is 26.8 Å². The molecule has 0 saturated carbocycles. The Bertz CT molecular complexity index is 619. The molecule has 0 aromatic carbocycles. The fourth-order valence-corrected chi connectivity index (χ4v) is 3.14. The topological polar surface area (TPSA) is 46.9 Å². The summed E-state index contributed by atoms with van der Waals surface area (Å²) in [5, 5.41) is 7.14. The van der Waals surface area contributed by atoms with Crippen LogP contribution in [0, 0.1) is 6.92 Å². The first-order chi connectivity index (χ1) is 8.88. The van der Waals surface area contributed by atoms with E-state index in [1.165, 1.54) is 11.3 Å². The average Bonchev–Trinajstić information content (AvgIpc) is 2.81. The number of thiophene rings is 1. The standard InChI is InChI=1S/C12H13Cl2N3OS/c1-6(2)17-10(4-7(3)16-17)15-12(18)8-5-9(13)19-11(8)14/h4-6H,1-3H3,(H,15,18). The highest BCUT2D eigenvalue weighted by Gasteiger charge is 2.17. The van der Waals surface area contributed by atoms with Crippen LogP contribution in [0.4, 0.5) is 5.82 Å². The van der Waals surface area contributed by atoms with Crippen molar-refractivity contribution < 1.29 is 4.79 Å². The Balaban J connectivity index is 2.26. The van der Waals surface area contributed by atoms with Crippen molar-refractivity contribution in [2.75, 3.05) is 5.32 Å². The van der Waals surface area contributed by atoms with E-state index in [2.05, 4.69) is 10.4 Å². The van der Waals surface area contributed by atoms with Gasteiger partial charge in [0.15, 0.2) is 0 Å². The van der Waals surface area contributed by atoms with Crippen LogP contribution in [0.2, 0.25) is 8.67 Å². The van der Waals surface area contributed by atoms with Crippen molar-refractivity contribution in [1.29, 1.82) is 0 Å². The van der Waals surface area contributed by atoms with Gasteiger partial charge >= 0.3 is 0 Å². The highest BCUT2D eigenvalue weighted by atomic mass is 35.5. The number of amides is 1. The number of rotatable bonds is 3. The first kappa shape index (κ1) is 14.4. The number of halogens is 2. The lowest BCUT2D eigenvalue weighted by molar-refractivity contribution is 0.102. The van der Waals surface area contributed by atoms with Crippen LogP contribution in [0.3, 0.4) is 0 Å². The Hall–Kier alpha value is -1.04. The Kier molecular flexibility index (Phi) is 4.18. The highest BCUT2D eigenvalue weighted by molar-refractivity contribution is 7.20. The van der Waals surface area contributed by atoms with Crippen LogP contribution in [-0.4, -0.2) is 15.7 Å². The summed E-state index contributed by atoms with van der Waals surface area (Å²) >= 11 is 13.0. The van der Waals surface area contributed by atoms with Crippen molar-refractivity contribution in [3.05, 3.63) is 32.1 Å². The minimum absolute atomic E-state index is 0.158. The first-order valence-corrected chi connectivity index (χ1v) is 7.28. The number of carbonyl (C=O) groups excluding carboxylic acids is 1. The molecule has 0 aliphatic heterocycles. The van der Waals surface area contributed by atoms with E-state index in [1.807, 2.05) is 26.8 Å². The molecule has 0 aliphatic carbocycles. The molecule has 4 nitrogen and oxygen atoms in total. The third kappa shape index (κ3) is 3.11. The average molecular weight is 318 g/mol. The number of hydrogen-bond acceptors (Lipinski definition) is 3. The zero-order chi connectivity index (χ0) is 14.2. The molecule has 0 atom stereocenters. The maximum atomic E-state index is 12.1. The minimum Gasteiger partial charge on any atom is -0.307 e. The van der Waals surface area contributed by atoms with Crippen molar-refractivity contribution in [2.24, 2.45) is 0 Å². The van der Waals surface area contributed by atoms with E-state index in [9.17, 15) is 4.79 Å². The smallest absolute Gasteiger partial charge is 0.259 e. The van der Waals surface area contributed by atoms with Crippen molar-refractivity contribution in [3.8, 4) is 0 Å². The molecule has 7 heteroatoms. The Morgan fingerprint density at radius 1 is 1.42 bits per heavy atom. The van der Waals surface area contributed by atoms with Crippen LogP contribution < -0.4 is 5.32 Å². The number of nitrogens with one attached hydrogen (secondary N) is 1. The van der Waals surface area contributed by atoms with Gasteiger partial charge in [0.05, 0.1) is 15.6 Å². The molecule has 0 radical (unpaired) electrons. The summed E-state index contributed by atoms with van der Waals surface area (Å²) in [4.78, 5) is 12.1. The zero-order valence-corrected chi connectivity index (χ0v) is 13.0. The van der Waals surface area contributed by atoms with Gasteiger partial charge < -0.3 is 5.32 Å². The third-order valence-electron chi connectivity index (χ3n) is 2.49. The predicted octanol–water partition coefficient (Wildman–Crippen LogP) is 4.39. The van der Waals surface area contributed by atoms with Crippen LogP contribution in [-0.2, 0) is 0 Å². The summed E-state index contributed by atoms with van der Waals surface area (Å²) in [5.74, 6) is 0.367. The van der Waals surface area contributed by atoms with Gasteiger partial charge in [-0.2, -0.15) is 5.10 Å². The SMILES string of the molecule is Cc1cc(NC(=O)c2cc(Cl)sc2Cl)n(C(C)C)n1. The lowest BCUT2D eigenvalue weighted by Crippen LogP contribution is -2.16. The molecule has 1 amide bonds. The van der Waals surface area contributed by atoms with E-state index in [-0.39, 0.29) is 11.9 Å². The summed E-state index contributed by atoms with van der Waals surface area (Å²) in [6.45, 7) is 5.87. The van der Waals surface area contributed by atoms with Gasteiger partial charge in [0.2, 0.25) is 0 Å². The molecule has 2 aromatic heterocycles. The third-order valence-corrected chi connectivity index (χ3v) is 3.98. The molecule has 102 valence electrons. The van der Waals surface area contributed by atoms with Gasteiger partial charge in [0.25, 0.3) is 5.91 Å². The fourth-order valence-electron chi connectivity index (χ4n) is 1.68. The normalized spacial score (nSPS) is 11.1. The van der Waals surface area contributed by atoms with Crippen molar-refractivity contribution in [1.82, 2.24) is 9.78 Å². The molecule has 2 heterocycles. The van der Waals surface area contributed by atoms with E-state index < -0.39 is 0 Å². The summed E-state index contributed by atoms with van der Waals surface area (Å²) in [7, 11) is 0. The van der Waals surface area contributed by atoms with Gasteiger partial charge in [-0.1, -0.05) is 23.2 Å². The van der Waals surface area contributed by atoms with Gasteiger partial charge in [0, 0.05) is 12.1 Å². The highest BCUT2D eigenvalue weighted by Crippen LogP contribution is 2.31. The van der Waals surface area contributed by atoms with Crippen molar-refractivity contribution >= 4 is 46.3 Å². The molecular formula is C12H13Cl2N3OS. The first-order valence-electron chi connectivity index (χ1n) is 5.71. The molecule has 0 fully saturated rings. The number of anilines is 1. The summed E-state index contributed by atoms with van der Waals surface area (Å²) in [5.41, 5.74) is 1.23. The minimum atomic E-state index is -0.282. The lowest BCUT2D eigenvalue weighted by Gasteiger charge is -2.11. The molecular weight excluding hydrogens is 305 g/mol.